The van der Waals surface area contributed by atoms with Gasteiger partial charge < -0.3 is 42.5 Å². The van der Waals surface area contributed by atoms with Crippen LogP contribution in [0.5, 0.6) is 0 Å². The molecule has 0 spiro atoms. The number of rotatable bonds is 19. The molecule has 0 radical (unpaired) electrons. The van der Waals surface area contributed by atoms with E-state index in [2.05, 4.69) is 26.6 Å². The van der Waals surface area contributed by atoms with Gasteiger partial charge in [-0.05, 0) is 43.7 Å². The first-order valence-electron chi connectivity index (χ1n) is 15.9. The summed E-state index contributed by atoms with van der Waals surface area (Å²) in [5.41, 5.74) is 7.25. The number of carbonyl (C=O) groups is 7. The van der Waals surface area contributed by atoms with Crippen LogP contribution in [0.4, 0.5) is 0 Å². The van der Waals surface area contributed by atoms with E-state index in [1.165, 1.54) is 13.8 Å². The van der Waals surface area contributed by atoms with E-state index in [1.54, 1.807) is 44.2 Å². The monoisotopic (exact) mass is 682 g/mol. The first-order valence-corrected chi connectivity index (χ1v) is 15.9. The summed E-state index contributed by atoms with van der Waals surface area (Å²) in [6.45, 7) is 6.01. The van der Waals surface area contributed by atoms with Gasteiger partial charge in [-0.15, -0.1) is 0 Å². The zero-order valence-electron chi connectivity index (χ0n) is 28.0. The van der Waals surface area contributed by atoms with Gasteiger partial charge in [0, 0.05) is 6.42 Å². The van der Waals surface area contributed by atoms with Crippen molar-refractivity contribution in [1.82, 2.24) is 26.6 Å². The zero-order chi connectivity index (χ0) is 36.7. The summed E-state index contributed by atoms with van der Waals surface area (Å²) in [4.78, 5) is 87.8. The molecule has 2 aromatic rings. The number of aliphatic carboxylic acids is 2. The Balaban J connectivity index is 2.10. The van der Waals surface area contributed by atoms with E-state index >= 15 is 0 Å². The van der Waals surface area contributed by atoms with Crippen molar-refractivity contribution in [2.45, 2.75) is 89.6 Å². The van der Waals surface area contributed by atoms with E-state index in [0.717, 1.165) is 5.56 Å². The van der Waals surface area contributed by atoms with Crippen LogP contribution in [0.3, 0.4) is 0 Å². The van der Waals surface area contributed by atoms with Crippen LogP contribution in [0.15, 0.2) is 60.7 Å². The molecular weight excluding hydrogens is 636 g/mol. The number of hydrogen-bond donors (Lipinski definition) is 8. The third kappa shape index (κ3) is 13.8. The molecule has 0 fully saturated rings. The molecule has 49 heavy (non-hydrogen) atoms. The summed E-state index contributed by atoms with van der Waals surface area (Å²) in [7, 11) is 0. The molecule has 15 nitrogen and oxygen atoms in total. The first-order chi connectivity index (χ1) is 23.1. The quantitative estimate of drug-likeness (QED) is 0.0975. The van der Waals surface area contributed by atoms with Crippen molar-refractivity contribution in [2.24, 2.45) is 11.7 Å². The fourth-order valence-electron chi connectivity index (χ4n) is 4.69. The smallest absolute Gasteiger partial charge is 0.326 e. The van der Waals surface area contributed by atoms with Gasteiger partial charge in [0.15, 0.2) is 0 Å². The molecule has 0 bridgehead atoms. The average molecular weight is 683 g/mol. The SMILES string of the molecule is CC(C)[C@H](NC(=O)[C@H](Cc1ccccc1)NC(=O)[C@H](C)NC(=O)[C@H](C)NC(=O)[C@H](CCc1ccccc1)NC(=O)[C@@H](N)CC(=O)O)C(=O)O. The van der Waals surface area contributed by atoms with Gasteiger partial charge in [0.1, 0.15) is 30.2 Å². The number of carboxylic acids is 2. The van der Waals surface area contributed by atoms with Crippen molar-refractivity contribution in [2.75, 3.05) is 0 Å². The third-order valence-corrected chi connectivity index (χ3v) is 7.58. The molecule has 2 rings (SSSR count). The fourth-order valence-corrected chi connectivity index (χ4v) is 4.69. The van der Waals surface area contributed by atoms with E-state index in [4.69, 9.17) is 10.8 Å². The van der Waals surface area contributed by atoms with Crippen molar-refractivity contribution >= 4 is 41.5 Å². The second-order valence-corrected chi connectivity index (χ2v) is 12.1. The molecule has 0 heterocycles. The molecule has 0 aliphatic carbocycles. The lowest BCUT2D eigenvalue weighted by molar-refractivity contribution is -0.143. The minimum atomic E-state index is -1.40. The molecule has 0 aliphatic rings. The minimum absolute atomic E-state index is 0.0438. The van der Waals surface area contributed by atoms with Crippen LogP contribution in [0.25, 0.3) is 0 Å². The van der Waals surface area contributed by atoms with Crippen LogP contribution in [-0.4, -0.2) is 87.9 Å². The van der Waals surface area contributed by atoms with Crippen LogP contribution in [-0.2, 0) is 46.4 Å². The number of aryl methyl sites for hydroxylation is 1. The molecule has 266 valence electrons. The maximum Gasteiger partial charge on any atom is 0.326 e. The normalized spacial score (nSPS) is 14.6. The Labute approximate surface area is 284 Å². The number of carboxylic acid groups (broad SMARTS) is 2. The Morgan fingerprint density at radius 2 is 1.08 bits per heavy atom. The molecule has 9 N–H and O–H groups in total. The second-order valence-electron chi connectivity index (χ2n) is 12.1. The minimum Gasteiger partial charge on any atom is -0.481 e. The first kappa shape index (κ1) is 39.9. The molecule has 0 aliphatic heterocycles. The van der Waals surface area contributed by atoms with Gasteiger partial charge in [-0.1, -0.05) is 74.5 Å². The molecular formula is C34H46N6O9. The highest BCUT2D eigenvalue weighted by Crippen LogP contribution is 2.09. The van der Waals surface area contributed by atoms with E-state index in [9.17, 15) is 38.7 Å². The largest absolute Gasteiger partial charge is 0.481 e. The number of nitrogens with one attached hydrogen (secondary N) is 5. The van der Waals surface area contributed by atoms with E-state index in [-0.39, 0.29) is 12.8 Å². The molecule has 2 aromatic carbocycles. The van der Waals surface area contributed by atoms with E-state index < -0.39 is 90.1 Å². The molecule has 0 saturated heterocycles. The van der Waals surface area contributed by atoms with Gasteiger partial charge in [-0.25, -0.2) is 4.79 Å². The summed E-state index contributed by atoms with van der Waals surface area (Å²) in [6.07, 6.45) is -0.127. The summed E-state index contributed by atoms with van der Waals surface area (Å²) >= 11 is 0. The summed E-state index contributed by atoms with van der Waals surface area (Å²) < 4.78 is 0. The second kappa shape index (κ2) is 19.5. The van der Waals surface area contributed by atoms with Crippen LogP contribution < -0.4 is 32.3 Å². The topological polar surface area (TPSA) is 246 Å². The summed E-state index contributed by atoms with van der Waals surface area (Å²) in [5.74, 6) is -6.74. The Hall–Kier alpha value is -5.31. The molecule has 5 amide bonds. The van der Waals surface area contributed by atoms with Crippen LogP contribution in [0, 0.1) is 5.92 Å². The van der Waals surface area contributed by atoms with Crippen LogP contribution in [0.1, 0.15) is 51.7 Å². The van der Waals surface area contributed by atoms with Crippen molar-refractivity contribution in [3.63, 3.8) is 0 Å². The fraction of sp³-hybridized carbons (Fsp3) is 0.441. The van der Waals surface area contributed by atoms with Gasteiger partial charge in [0.2, 0.25) is 29.5 Å². The average Bonchev–Trinajstić information content (AvgIpc) is 3.04. The van der Waals surface area contributed by atoms with Gasteiger partial charge in [-0.2, -0.15) is 0 Å². The summed E-state index contributed by atoms with van der Waals surface area (Å²) in [5, 5.41) is 31.0. The molecule has 0 unspecified atom stereocenters. The number of benzene rings is 2. The Kier molecular flexibility index (Phi) is 15.9. The Bertz CT molecular complexity index is 1450. The standard InChI is InChI=1S/C34H46N6O9/c1-19(2)28(34(48)49)40-33(47)26(17-23-13-9-6-10-14-23)39-30(44)21(4)36-29(43)20(3)37-32(46)25(16-15-22-11-7-5-8-12-22)38-31(45)24(35)18-27(41)42/h5-14,19-21,24-26,28H,15-18,35H2,1-4H3,(H,36,43)(H,37,46)(H,38,45)(H,39,44)(H,40,47)(H,41,42)(H,48,49)/t20-,21-,24-,25-,26-,28-/m0/s1. The van der Waals surface area contributed by atoms with Crippen molar-refractivity contribution in [3.05, 3.63) is 71.8 Å². The lowest BCUT2D eigenvalue weighted by Gasteiger charge is -2.25. The third-order valence-electron chi connectivity index (χ3n) is 7.58. The van der Waals surface area contributed by atoms with E-state index in [0.29, 0.717) is 12.0 Å². The van der Waals surface area contributed by atoms with Crippen molar-refractivity contribution in [1.29, 1.82) is 0 Å². The zero-order valence-corrected chi connectivity index (χ0v) is 28.0. The van der Waals surface area contributed by atoms with Gasteiger partial charge in [-0.3, -0.25) is 28.8 Å². The highest BCUT2D eigenvalue weighted by Gasteiger charge is 2.31. The van der Waals surface area contributed by atoms with Gasteiger partial charge in [0.05, 0.1) is 12.5 Å². The van der Waals surface area contributed by atoms with Gasteiger partial charge in [0.25, 0.3) is 0 Å². The van der Waals surface area contributed by atoms with Gasteiger partial charge >= 0.3 is 11.9 Å². The Morgan fingerprint density at radius 3 is 1.59 bits per heavy atom. The lowest BCUT2D eigenvalue weighted by atomic mass is 10.0. The summed E-state index contributed by atoms with van der Waals surface area (Å²) in [6, 6.07) is 10.6. The lowest BCUT2D eigenvalue weighted by Crippen LogP contribution is -2.58. The predicted molar refractivity (Wildman–Crippen MR) is 179 cm³/mol. The highest BCUT2D eigenvalue weighted by atomic mass is 16.4. The number of nitrogens with two attached hydrogens (primary N) is 1. The molecule has 0 aromatic heterocycles. The number of hydrogen-bond acceptors (Lipinski definition) is 8. The number of amides is 5. The number of carbonyl (C=O) groups excluding carboxylic acids is 5. The molecule has 15 heteroatoms. The van der Waals surface area contributed by atoms with E-state index in [1.807, 2.05) is 30.3 Å². The predicted octanol–water partition coefficient (Wildman–Crippen LogP) is -0.132. The van der Waals surface area contributed by atoms with Crippen molar-refractivity contribution < 1.29 is 43.8 Å². The van der Waals surface area contributed by atoms with Crippen LogP contribution in [0.2, 0.25) is 0 Å². The maximum atomic E-state index is 13.2. The van der Waals surface area contributed by atoms with Crippen molar-refractivity contribution in [3.8, 4) is 0 Å². The highest BCUT2D eigenvalue weighted by molar-refractivity contribution is 5.96. The Morgan fingerprint density at radius 1 is 0.612 bits per heavy atom. The van der Waals surface area contributed by atoms with Crippen LogP contribution >= 0.6 is 0 Å². The molecule has 6 atom stereocenters. The maximum absolute atomic E-state index is 13.2. The molecule has 0 saturated carbocycles.